The van der Waals surface area contributed by atoms with E-state index in [4.69, 9.17) is 4.74 Å². The number of anilines is 1. The molecule has 0 saturated carbocycles. The number of aryl methyl sites for hydroxylation is 1. The van der Waals surface area contributed by atoms with Gasteiger partial charge in [0.15, 0.2) is 0 Å². The van der Waals surface area contributed by atoms with E-state index >= 15 is 0 Å². The molecule has 1 aliphatic carbocycles. The first-order chi connectivity index (χ1) is 13.7. The van der Waals surface area contributed by atoms with Gasteiger partial charge in [-0.15, -0.1) is 0 Å². The average molecular weight is 380 g/mol. The van der Waals surface area contributed by atoms with Crippen LogP contribution in [-0.2, 0) is 11.2 Å². The standard InChI is InChI=1S/C23H29N3O2/c1-28-22-12-5-4-11-21(22)26-15-13-25(14-16-26)17-23(27)24-20-10-6-8-18-7-2-3-9-19(18)20/h2-5,7,9,11-12,20H,6,8,10,13-17H2,1H3,(H,24,27)/t20-/m1/s1. The number of hydrogen-bond acceptors (Lipinski definition) is 4. The summed E-state index contributed by atoms with van der Waals surface area (Å²) in [6.07, 6.45) is 3.29. The van der Waals surface area contributed by atoms with Crippen LogP contribution in [0.3, 0.4) is 0 Å². The molecule has 0 unspecified atom stereocenters. The third-order valence-electron chi connectivity index (χ3n) is 5.87. The molecule has 0 aromatic heterocycles. The van der Waals surface area contributed by atoms with E-state index in [1.165, 1.54) is 11.1 Å². The van der Waals surface area contributed by atoms with E-state index < -0.39 is 0 Å². The van der Waals surface area contributed by atoms with E-state index in [1.54, 1.807) is 7.11 Å². The molecular weight excluding hydrogens is 350 g/mol. The highest BCUT2D eigenvalue weighted by atomic mass is 16.5. The summed E-state index contributed by atoms with van der Waals surface area (Å²) < 4.78 is 5.48. The molecule has 1 saturated heterocycles. The van der Waals surface area contributed by atoms with Crippen molar-refractivity contribution < 1.29 is 9.53 Å². The van der Waals surface area contributed by atoms with Gasteiger partial charge in [0.2, 0.25) is 5.91 Å². The number of amides is 1. The van der Waals surface area contributed by atoms with E-state index in [-0.39, 0.29) is 11.9 Å². The largest absolute Gasteiger partial charge is 0.495 e. The van der Waals surface area contributed by atoms with Gasteiger partial charge in [0.05, 0.1) is 25.4 Å². The van der Waals surface area contributed by atoms with Crippen molar-refractivity contribution in [2.45, 2.75) is 25.3 Å². The molecule has 148 valence electrons. The van der Waals surface area contributed by atoms with E-state index in [2.05, 4.69) is 45.4 Å². The SMILES string of the molecule is COc1ccccc1N1CCN(CC(=O)N[C@@H]2CCCc3ccccc32)CC1. The van der Waals surface area contributed by atoms with Gasteiger partial charge in [0, 0.05) is 26.2 Å². The topological polar surface area (TPSA) is 44.8 Å². The number of carbonyl (C=O) groups is 1. The Morgan fingerprint density at radius 1 is 1.07 bits per heavy atom. The molecule has 28 heavy (non-hydrogen) atoms. The van der Waals surface area contributed by atoms with E-state index in [1.807, 2.05) is 18.2 Å². The molecule has 1 fully saturated rings. The number of carbonyl (C=O) groups excluding carboxylic acids is 1. The van der Waals surface area contributed by atoms with Gasteiger partial charge >= 0.3 is 0 Å². The summed E-state index contributed by atoms with van der Waals surface area (Å²) in [5.41, 5.74) is 3.81. The Labute approximate surface area is 167 Å². The minimum Gasteiger partial charge on any atom is -0.495 e. The summed E-state index contributed by atoms with van der Waals surface area (Å²) in [5.74, 6) is 1.04. The molecule has 1 heterocycles. The van der Waals surface area contributed by atoms with Crippen molar-refractivity contribution in [3.63, 3.8) is 0 Å². The second-order valence-electron chi connectivity index (χ2n) is 7.65. The molecule has 0 radical (unpaired) electrons. The maximum atomic E-state index is 12.7. The van der Waals surface area contributed by atoms with Crippen molar-refractivity contribution in [1.29, 1.82) is 0 Å². The number of nitrogens with zero attached hydrogens (tertiary/aromatic N) is 2. The molecule has 1 aliphatic heterocycles. The molecular formula is C23H29N3O2. The molecule has 1 amide bonds. The number of nitrogens with one attached hydrogen (secondary N) is 1. The lowest BCUT2D eigenvalue weighted by molar-refractivity contribution is -0.123. The number of para-hydroxylation sites is 2. The number of piperazine rings is 1. The number of benzene rings is 2. The molecule has 1 N–H and O–H groups in total. The van der Waals surface area contributed by atoms with Crippen LogP contribution in [0, 0.1) is 0 Å². The zero-order chi connectivity index (χ0) is 19.3. The minimum atomic E-state index is 0.132. The predicted molar refractivity (Wildman–Crippen MR) is 112 cm³/mol. The summed E-state index contributed by atoms with van der Waals surface area (Å²) in [4.78, 5) is 17.2. The van der Waals surface area contributed by atoms with E-state index in [0.717, 1.165) is 56.9 Å². The van der Waals surface area contributed by atoms with Crippen LogP contribution >= 0.6 is 0 Å². The van der Waals surface area contributed by atoms with Crippen LogP contribution in [0.1, 0.15) is 30.0 Å². The molecule has 2 aromatic rings. The summed E-state index contributed by atoms with van der Waals surface area (Å²) in [6.45, 7) is 4.04. The highest BCUT2D eigenvalue weighted by Crippen LogP contribution is 2.30. The lowest BCUT2D eigenvalue weighted by atomic mass is 9.88. The van der Waals surface area contributed by atoms with Gasteiger partial charge in [-0.05, 0) is 42.5 Å². The molecule has 2 aromatic carbocycles. The van der Waals surface area contributed by atoms with E-state index in [9.17, 15) is 4.79 Å². The quantitative estimate of drug-likeness (QED) is 0.867. The van der Waals surface area contributed by atoms with Crippen LogP contribution < -0.4 is 15.0 Å². The van der Waals surface area contributed by atoms with Crippen molar-refractivity contribution in [2.75, 3.05) is 44.7 Å². The van der Waals surface area contributed by atoms with Gasteiger partial charge in [-0.2, -0.15) is 0 Å². The van der Waals surface area contributed by atoms with Gasteiger partial charge in [-0.1, -0.05) is 36.4 Å². The third-order valence-corrected chi connectivity index (χ3v) is 5.87. The smallest absolute Gasteiger partial charge is 0.234 e. The normalized spacial score (nSPS) is 19.8. The summed E-state index contributed by atoms with van der Waals surface area (Å²) in [7, 11) is 1.71. The van der Waals surface area contributed by atoms with Crippen molar-refractivity contribution >= 4 is 11.6 Å². The second-order valence-corrected chi connectivity index (χ2v) is 7.65. The zero-order valence-corrected chi connectivity index (χ0v) is 16.6. The Morgan fingerprint density at radius 2 is 1.82 bits per heavy atom. The van der Waals surface area contributed by atoms with Crippen molar-refractivity contribution in [3.05, 3.63) is 59.7 Å². The summed E-state index contributed by atoms with van der Waals surface area (Å²) in [6, 6.07) is 16.8. The zero-order valence-electron chi connectivity index (χ0n) is 16.6. The van der Waals surface area contributed by atoms with Gasteiger partial charge in [0.1, 0.15) is 5.75 Å². The van der Waals surface area contributed by atoms with Crippen LogP contribution in [0.5, 0.6) is 5.75 Å². The highest BCUT2D eigenvalue weighted by molar-refractivity contribution is 5.78. The molecule has 0 spiro atoms. The number of hydrogen-bond donors (Lipinski definition) is 1. The van der Waals surface area contributed by atoms with Crippen LogP contribution in [0.4, 0.5) is 5.69 Å². The maximum Gasteiger partial charge on any atom is 0.234 e. The van der Waals surface area contributed by atoms with Crippen LogP contribution in [0.25, 0.3) is 0 Å². The fourth-order valence-electron chi connectivity index (χ4n) is 4.38. The Hall–Kier alpha value is -2.53. The lowest BCUT2D eigenvalue weighted by Crippen LogP contribution is -2.50. The maximum absolute atomic E-state index is 12.7. The van der Waals surface area contributed by atoms with Crippen LogP contribution in [0.2, 0.25) is 0 Å². The third kappa shape index (κ3) is 4.14. The number of methoxy groups -OCH3 is 1. The van der Waals surface area contributed by atoms with E-state index in [0.29, 0.717) is 6.54 Å². The molecule has 4 rings (SSSR count). The first-order valence-electron chi connectivity index (χ1n) is 10.2. The number of rotatable bonds is 5. The van der Waals surface area contributed by atoms with Crippen LogP contribution in [-0.4, -0.2) is 50.6 Å². The highest BCUT2D eigenvalue weighted by Gasteiger charge is 2.24. The van der Waals surface area contributed by atoms with Crippen LogP contribution in [0.15, 0.2) is 48.5 Å². The van der Waals surface area contributed by atoms with Gasteiger partial charge in [-0.25, -0.2) is 0 Å². The monoisotopic (exact) mass is 379 g/mol. The minimum absolute atomic E-state index is 0.132. The number of fused-ring (bicyclic) bond motifs is 1. The first-order valence-corrected chi connectivity index (χ1v) is 10.2. The Bertz CT molecular complexity index is 815. The van der Waals surface area contributed by atoms with Crippen molar-refractivity contribution in [3.8, 4) is 5.75 Å². The fourth-order valence-corrected chi connectivity index (χ4v) is 4.38. The first kappa shape index (κ1) is 18.8. The number of ether oxygens (including phenoxy) is 1. The second kappa shape index (κ2) is 8.65. The Balaban J connectivity index is 1.30. The van der Waals surface area contributed by atoms with Gasteiger partial charge < -0.3 is 15.0 Å². The predicted octanol–water partition coefficient (Wildman–Crippen LogP) is 3.01. The molecule has 2 aliphatic rings. The van der Waals surface area contributed by atoms with Crippen molar-refractivity contribution in [2.24, 2.45) is 0 Å². The molecule has 5 heteroatoms. The van der Waals surface area contributed by atoms with Crippen molar-refractivity contribution in [1.82, 2.24) is 10.2 Å². The summed E-state index contributed by atoms with van der Waals surface area (Å²) >= 11 is 0. The van der Waals surface area contributed by atoms with Gasteiger partial charge in [0.25, 0.3) is 0 Å². The van der Waals surface area contributed by atoms with Gasteiger partial charge in [-0.3, -0.25) is 9.69 Å². The summed E-state index contributed by atoms with van der Waals surface area (Å²) in [5, 5.41) is 3.27. The fraction of sp³-hybridized carbons (Fsp3) is 0.435. The Morgan fingerprint density at radius 3 is 2.64 bits per heavy atom. The molecule has 0 bridgehead atoms. The average Bonchev–Trinajstić information content (AvgIpc) is 2.74. The lowest BCUT2D eigenvalue weighted by Gasteiger charge is -2.36. The Kier molecular flexibility index (Phi) is 5.81. The molecule has 1 atom stereocenters. The molecule has 5 nitrogen and oxygen atoms in total.